The summed E-state index contributed by atoms with van der Waals surface area (Å²) in [6, 6.07) is 9.08. The maximum Gasteiger partial charge on any atom is 0.321 e. The summed E-state index contributed by atoms with van der Waals surface area (Å²) in [4.78, 5) is 24.2. The standard InChI is InChI=1S/C13H16N2O3/c16-12(17)8-10-6-7-15(9-10)13(18)14-11-4-2-1-3-5-11/h1-5,10H,6-9H2,(H,14,18)(H,16,17). The van der Waals surface area contributed by atoms with E-state index in [4.69, 9.17) is 5.11 Å². The first-order valence-electron chi connectivity index (χ1n) is 5.98. The van der Waals surface area contributed by atoms with Crippen LogP contribution in [0.25, 0.3) is 0 Å². The second-order valence-electron chi connectivity index (χ2n) is 4.49. The lowest BCUT2D eigenvalue weighted by Gasteiger charge is -2.17. The van der Waals surface area contributed by atoms with Crippen molar-refractivity contribution in [3.8, 4) is 0 Å². The SMILES string of the molecule is O=C(O)CC1CCN(C(=O)Nc2ccccc2)C1. The molecule has 1 aromatic rings. The number of nitrogens with zero attached hydrogens (tertiary/aromatic N) is 1. The van der Waals surface area contributed by atoms with E-state index in [9.17, 15) is 9.59 Å². The third kappa shape index (κ3) is 3.23. The Morgan fingerprint density at radius 2 is 2.06 bits per heavy atom. The second-order valence-corrected chi connectivity index (χ2v) is 4.49. The molecule has 5 heteroatoms. The normalized spacial score (nSPS) is 18.7. The summed E-state index contributed by atoms with van der Waals surface area (Å²) < 4.78 is 0. The number of urea groups is 1. The van der Waals surface area contributed by atoms with Crippen LogP contribution in [-0.2, 0) is 4.79 Å². The molecule has 1 aliphatic heterocycles. The van der Waals surface area contributed by atoms with Crippen molar-refractivity contribution in [3.05, 3.63) is 30.3 Å². The average Bonchev–Trinajstić information content (AvgIpc) is 2.78. The largest absolute Gasteiger partial charge is 0.481 e. The van der Waals surface area contributed by atoms with E-state index in [2.05, 4.69) is 5.32 Å². The molecule has 1 fully saturated rings. The van der Waals surface area contributed by atoms with Gasteiger partial charge in [0.15, 0.2) is 0 Å². The molecule has 0 aliphatic carbocycles. The number of aliphatic carboxylic acids is 1. The molecule has 2 N–H and O–H groups in total. The monoisotopic (exact) mass is 248 g/mol. The van der Waals surface area contributed by atoms with Crippen LogP contribution in [0.4, 0.5) is 10.5 Å². The van der Waals surface area contributed by atoms with Crippen molar-refractivity contribution < 1.29 is 14.7 Å². The van der Waals surface area contributed by atoms with Crippen molar-refractivity contribution in [3.63, 3.8) is 0 Å². The number of nitrogens with one attached hydrogen (secondary N) is 1. The number of rotatable bonds is 3. The predicted molar refractivity (Wildman–Crippen MR) is 67.4 cm³/mol. The van der Waals surface area contributed by atoms with Gasteiger partial charge in [0.25, 0.3) is 0 Å². The minimum atomic E-state index is -0.801. The van der Waals surface area contributed by atoms with Gasteiger partial charge in [0.1, 0.15) is 0 Å². The molecule has 18 heavy (non-hydrogen) atoms. The lowest BCUT2D eigenvalue weighted by Crippen LogP contribution is -2.33. The fourth-order valence-corrected chi connectivity index (χ4v) is 2.15. The summed E-state index contributed by atoms with van der Waals surface area (Å²) in [6.07, 6.45) is 0.892. The molecule has 0 spiro atoms. The molecule has 1 aromatic carbocycles. The number of benzene rings is 1. The molecular weight excluding hydrogens is 232 g/mol. The van der Waals surface area contributed by atoms with Crippen LogP contribution in [-0.4, -0.2) is 35.1 Å². The van der Waals surface area contributed by atoms with Crippen LogP contribution in [0, 0.1) is 5.92 Å². The van der Waals surface area contributed by atoms with Crippen LogP contribution in [0.15, 0.2) is 30.3 Å². The van der Waals surface area contributed by atoms with Gasteiger partial charge in [-0.15, -0.1) is 0 Å². The minimum Gasteiger partial charge on any atom is -0.481 e. The first kappa shape index (κ1) is 12.4. The summed E-state index contributed by atoms with van der Waals surface area (Å²) >= 11 is 0. The van der Waals surface area contributed by atoms with Crippen LogP contribution in [0.5, 0.6) is 0 Å². The summed E-state index contributed by atoms with van der Waals surface area (Å²) in [6.45, 7) is 1.14. The number of amides is 2. The van der Waals surface area contributed by atoms with Crippen LogP contribution in [0.2, 0.25) is 0 Å². The number of likely N-dealkylation sites (tertiary alicyclic amines) is 1. The van der Waals surface area contributed by atoms with Gasteiger partial charge in [0.05, 0.1) is 0 Å². The summed E-state index contributed by atoms with van der Waals surface area (Å²) in [5.74, 6) is -0.727. The summed E-state index contributed by atoms with van der Waals surface area (Å²) in [5, 5.41) is 11.5. The van der Waals surface area contributed by atoms with Gasteiger partial charge >= 0.3 is 12.0 Å². The Morgan fingerprint density at radius 3 is 2.72 bits per heavy atom. The zero-order valence-electron chi connectivity index (χ0n) is 10.0. The molecule has 1 heterocycles. The zero-order valence-corrected chi connectivity index (χ0v) is 10.0. The predicted octanol–water partition coefficient (Wildman–Crippen LogP) is 2.02. The maximum absolute atomic E-state index is 11.9. The molecule has 0 bridgehead atoms. The van der Waals surface area contributed by atoms with E-state index >= 15 is 0 Å². The third-order valence-electron chi connectivity index (χ3n) is 3.06. The minimum absolute atomic E-state index is 0.0732. The number of hydrogen-bond donors (Lipinski definition) is 2. The highest BCUT2D eigenvalue weighted by Crippen LogP contribution is 2.20. The van der Waals surface area contributed by atoms with Gasteiger partial charge in [-0.2, -0.15) is 0 Å². The van der Waals surface area contributed by atoms with Crippen molar-refractivity contribution >= 4 is 17.7 Å². The van der Waals surface area contributed by atoms with Gasteiger partial charge in [-0.05, 0) is 24.5 Å². The maximum atomic E-state index is 11.9. The fraction of sp³-hybridized carbons (Fsp3) is 0.385. The van der Waals surface area contributed by atoms with Crippen molar-refractivity contribution in [1.29, 1.82) is 0 Å². The van der Waals surface area contributed by atoms with E-state index in [1.165, 1.54) is 0 Å². The number of hydrogen-bond acceptors (Lipinski definition) is 2. The Bertz CT molecular complexity index is 433. The van der Waals surface area contributed by atoms with Gasteiger partial charge < -0.3 is 15.3 Å². The number of carboxylic acid groups (broad SMARTS) is 1. The quantitative estimate of drug-likeness (QED) is 0.859. The summed E-state index contributed by atoms with van der Waals surface area (Å²) in [7, 11) is 0. The Hall–Kier alpha value is -2.04. The van der Waals surface area contributed by atoms with Gasteiger partial charge in [-0.25, -0.2) is 4.79 Å². The molecule has 0 radical (unpaired) electrons. The first-order valence-corrected chi connectivity index (χ1v) is 5.98. The molecule has 0 saturated carbocycles. The Morgan fingerprint density at radius 1 is 1.33 bits per heavy atom. The van der Waals surface area contributed by atoms with E-state index < -0.39 is 5.97 Å². The lowest BCUT2D eigenvalue weighted by molar-refractivity contribution is -0.138. The smallest absolute Gasteiger partial charge is 0.321 e. The van der Waals surface area contributed by atoms with Crippen LogP contribution in [0.3, 0.4) is 0 Å². The van der Waals surface area contributed by atoms with Crippen molar-refractivity contribution in [2.75, 3.05) is 18.4 Å². The average molecular weight is 248 g/mol. The molecule has 2 amide bonds. The molecule has 1 aliphatic rings. The zero-order chi connectivity index (χ0) is 13.0. The van der Waals surface area contributed by atoms with E-state index in [1.54, 1.807) is 4.90 Å². The number of carboxylic acids is 1. The molecule has 0 aromatic heterocycles. The molecule has 1 saturated heterocycles. The topological polar surface area (TPSA) is 69.6 Å². The number of para-hydroxylation sites is 1. The second kappa shape index (κ2) is 5.53. The van der Waals surface area contributed by atoms with Gasteiger partial charge in [0.2, 0.25) is 0 Å². The Kier molecular flexibility index (Phi) is 3.82. The Balaban J connectivity index is 1.86. The van der Waals surface area contributed by atoms with E-state index in [1.807, 2.05) is 30.3 Å². The van der Waals surface area contributed by atoms with Crippen molar-refractivity contribution in [2.24, 2.45) is 5.92 Å². The van der Waals surface area contributed by atoms with Gasteiger partial charge in [-0.3, -0.25) is 4.79 Å². The highest BCUT2D eigenvalue weighted by molar-refractivity contribution is 5.89. The van der Waals surface area contributed by atoms with Crippen molar-refractivity contribution in [1.82, 2.24) is 4.90 Å². The highest BCUT2D eigenvalue weighted by atomic mass is 16.4. The molecule has 1 unspecified atom stereocenters. The Labute approximate surface area is 105 Å². The summed E-state index contributed by atoms with van der Waals surface area (Å²) in [5.41, 5.74) is 0.754. The molecular formula is C13H16N2O3. The molecule has 1 atom stereocenters. The molecule has 2 rings (SSSR count). The van der Waals surface area contributed by atoms with E-state index in [0.29, 0.717) is 13.1 Å². The van der Waals surface area contributed by atoms with E-state index in [0.717, 1.165) is 12.1 Å². The number of anilines is 1. The lowest BCUT2D eigenvalue weighted by atomic mass is 10.1. The van der Waals surface area contributed by atoms with Crippen LogP contribution < -0.4 is 5.32 Å². The molecule has 96 valence electrons. The van der Waals surface area contributed by atoms with E-state index in [-0.39, 0.29) is 18.4 Å². The van der Waals surface area contributed by atoms with Gasteiger partial charge in [-0.1, -0.05) is 18.2 Å². The van der Waals surface area contributed by atoms with Crippen LogP contribution >= 0.6 is 0 Å². The fourth-order valence-electron chi connectivity index (χ4n) is 2.15. The molecule has 5 nitrogen and oxygen atoms in total. The van der Waals surface area contributed by atoms with Crippen LogP contribution in [0.1, 0.15) is 12.8 Å². The first-order chi connectivity index (χ1) is 8.65. The number of carbonyl (C=O) groups excluding carboxylic acids is 1. The van der Waals surface area contributed by atoms with Crippen molar-refractivity contribution in [2.45, 2.75) is 12.8 Å². The number of carbonyl (C=O) groups is 2. The highest BCUT2D eigenvalue weighted by Gasteiger charge is 2.27. The third-order valence-corrected chi connectivity index (χ3v) is 3.06. The van der Waals surface area contributed by atoms with Gasteiger partial charge in [0, 0.05) is 25.2 Å².